The summed E-state index contributed by atoms with van der Waals surface area (Å²) in [6.07, 6.45) is 0.216. The van der Waals surface area contributed by atoms with Crippen LogP contribution in [-0.4, -0.2) is 12.2 Å². The van der Waals surface area contributed by atoms with Crippen molar-refractivity contribution in [3.8, 4) is 34.8 Å². The molecule has 0 unspecified atom stereocenters. The van der Waals surface area contributed by atoms with Crippen LogP contribution < -0.4 is 9.47 Å². The fraction of sp³-hybridized carbons (Fsp3) is 0.259. The topological polar surface area (TPSA) is 66.0 Å². The number of hydrogen-bond donors (Lipinski definition) is 0. The molecule has 0 radical (unpaired) electrons. The van der Waals surface area contributed by atoms with Crippen molar-refractivity contribution in [2.75, 3.05) is 0 Å². The number of rotatable bonds is 7. The maximum absolute atomic E-state index is 9.97. The Balaban J connectivity index is 2.04. The summed E-state index contributed by atoms with van der Waals surface area (Å²) < 4.78 is 11.8. The van der Waals surface area contributed by atoms with E-state index < -0.39 is 0 Å². The van der Waals surface area contributed by atoms with E-state index in [0.717, 1.165) is 16.7 Å². The Morgan fingerprint density at radius 2 is 1.39 bits per heavy atom. The molecule has 0 saturated heterocycles. The minimum absolute atomic E-state index is 0.107. The van der Waals surface area contributed by atoms with Gasteiger partial charge in [-0.1, -0.05) is 54.6 Å². The third-order valence-corrected chi connectivity index (χ3v) is 4.74. The molecule has 0 fully saturated rings. The largest absolute Gasteiger partial charge is 0.487 e. The van der Waals surface area contributed by atoms with Crippen LogP contribution in [0.4, 0.5) is 0 Å². The normalized spacial score (nSPS) is 10.6. The van der Waals surface area contributed by atoms with Gasteiger partial charge in [-0.25, -0.2) is 0 Å². The summed E-state index contributed by atoms with van der Waals surface area (Å²) in [7, 11) is 0. The van der Waals surface area contributed by atoms with Gasteiger partial charge in [0.15, 0.2) is 11.5 Å². The summed E-state index contributed by atoms with van der Waals surface area (Å²) in [6, 6.07) is 24.5. The molecule has 0 atom stereocenters. The SMILES string of the molecule is CC(C)Oc1cc(C#N)c(Cc2ccc(-c3ccccc3)cc2)c(C#N)c1OC(C)C. The molecule has 0 spiro atoms. The molecule has 0 aliphatic rings. The van der Waals surface area contributed by atoms with Gasteiger partial charge in [-0.05, 0) is 49.9 Å². The molecule has 31 heavy (non-hydrogen) atoms. The Bertz CT molecular complexity index is 1120. The maximum Gasteiger partial charge on any atom is 0.179 e. The predicted octanol–water partition coefficient (Wildman–Crippen LogP) is 6.26. The van der Waals surface area contributed by atoms with Crippen LogP contribution in [0, 0.1) is 22.7 Å². The monoisotopic (exact) mass is 410 g/mol. The molecule has 0 heterocycles. The van der Waals surface area contributed by atoms with Gasteiger partial charge in [0.05, 0.1) is 23.8 Å². The highest BCUT2D eigenvalue weighted by atomic mass is 16.5. The molecule has 3 rings (SSSR count). The summed E-state index contributed by atoms with van der Waals surface area (Å²) in [5.74, 6) is 0.834. The van der Waals surface area contributed by atoms with Gasteiger partial charge < -0.3 is 9.47 Å². The van der Waals surface area contributed by atoms with E-state index in [0.29, 0.717) is 34.6 Å². The molecule has 0 amide bonds. The summed E-state index contributed by atoms with van der Waals surface area (Å²) in [6.45, 7) is 7.61. The molecule has 0 N–H and O–H groups in total. The Kier molecular flexibility index (Phi) is 6.96. The highest BCUT2D eigenvalue weighted by molar-refractivity contribution is 5.65. The first-order valence-corrected chi connectivity index (χ1v) is 10.4. The van der Waals surface area contributed by atoms with Gasteiger partial charge in [-0.2, -0.15) is 10.5 Å². The second kappa shape index (κ2) is 9.83. The van der Waals surface area contributed by atoms with Gasteiger partial charge in [0, 0.05) is 12.5 Å². The number of ether oxygens (including phenoxy) is 2. The molecule has 0 bridgehead atoms. The summed E-state index contributed by atoms with van der Waals surface area (Å²) in [5.41, 5.74) is 4.72. The molecule has 0 aliphatic carbocycles. The summed E-state index contributed by atoms with van der Waals surface area (Å²) in [5, 5.41) is 19.8. The van der Waals surface area contributed by atoms with E-state index in [9.17, 15) is 10.5 Å². The number of hydrogen-bond acceptors (Lipinski definition) is 4. The van der Waals surface area contributed by atoms with Gasteiger partial charge >= 0.3 is 0 Å². The van der Waals surface area contributed by atoms with E-state index in [1.54, 1.807) is 6.07 Å². The minimum Gasteiger partial charge on any atom is -0.487 e. The molecule has 0 aliphatic heterocycles. The van der Waals surface area contributed by atoms with E-state index in [2.05, 4.69) is 36.4 Å². The van der Waals surface area contributed by atoms with Crippen molar-refractivity contribution in [2.24, 2.45) is 0 Å². The zero-order chi connectivity index (χ0) is 22.4. The van der Waals surface area contributed by atoms with Gasteiger partial charge in [0.2, 0.25) is 0 Å². The number of benzene rings is 3. The van der Waals surface area contributed by atoms with Crippen molar-refractivity contribution in [2.45, 2.75) is 46.3 Å². The second-order valence-electron chi connectivity index (χ2n) is 7.90. The van der Waals surface area contributed by atoms with Crippen molar-refractivity contribution in [3.05, 3.63) is 82.9 Å². The van der Waals surface area contributed by atoms with Crippen LogP contribution in [0.5, 0.6) is 11.5 Å². The zero-order valence-corrected chi connectivity index (χ0v) is 18.3. The molecule has 3 aromatic rings. The zero-order valence-electron chi connectivity index (χ0n) is 18.3. The van der Waals surface area contributed by atoms with Gasteiger partial charge in [-0.15, -0.1) is 0 Å². The number of nitriles is 2. The molecule has 4 nitrogen and oxygen atoms in total. The van der Waals surface area contributed by atoms with Crippen LogP contribution in [0.1, 0.15) is 49.9 Å². The highest BCUT2D eigenvalue weighted by Gasteiger charge is 2.22. The Hall–Kier alpha value is -3.76. The van der Waals surface area contributed by atoms with E-state index in [-0.39, 0.29) is 12.2 Å². The van der Waals surface area contributed by atoms with Crippen LogP contribution in [-0.2, 0) is 6.42 Å². The molecular formula is C27H26N2O2. The fourth-order valence-corrected chi connectivity index (χ4v) is 3.42. The van der Waals surface area contributed by atoms with Crippen molar-refractivity contribution in [3.63, 3.8) is 0 Å². The highest BCUT2D eigenvalue weighted by Crippen LogP contribution is 2.38. The first kappa shape index (κ1) is 21.9. The maximum atomic E-state index is 9.97. The van der Waals surface area contributed by atoms with Gasteiger partial charge in [0.25, 0.3) is 0 Å². The van der Waals surface area contributed by atoms with Crippen LogP contribution in [0.2, 0.25) is 0 Å². The van der Waals surface area contributed by atoms with Crippen molar-refractivity contribution < 1.29 is 9.47 Å². The Morgan fingerprint density at radius 3 is 1.94 bits per heavy atom. The van der Waals surface area contributed by atoms with Crippen molar-refractivity contribution >= 4 is 0 Å². The third kappa shape index (κ3) is 5.24. The average Bonchev–Trinajstić information content (AvgIpc) is 2.76. The predicted molar refractivity (Wildman–Crippen MR) is 122 cm³/mol. The quantitative estimate of drug-likeness (QED) is 0.461. The van der Waals surface area contributed by atoms with Crippen LogP contribution >= 0.6 is 0 Å². The van der Waals surface area contributed by atoms with E-state index in [1.165, 1.54) is 0 Å². The summed E-state index contributed by atoms with van der Waals surface area (Å²) >= 11 is 0. The standard InChI is InChI=1S/C27H26N2O2/c1-18(2)30-26-15-23(16-28)24(25(17-29)27(26)31-19(3)4)14-20-10-12-22(13-11-20)21-8-6-5-7-9-21/h5-13,15,18-19H,14H2,1-4H3. The van der Waals surface area contributed by atoms with Crippen LogP contribution in [0.25, 0.3) is 11.1 Å². The van der Waals surface area contributed by atoms with Crippen LogP contribution in [0.3, 0.4) is 0 Å². The lowest BCUT2D eigenvalue weighted by Gasteiger charge is -2.21. The first-order chi connectivity index (χ1) is 14.9. The average molecular weight is 411 g/mol. The van der Waals surface area contributed by atoms with Gasteiger partial charge in [-0.3, -0.25) is 0 Å². The van der Waals surface area contributed by atoms with E-state index in [1.807, 2.05) is 58.0 Å². The molecule has 156 valence electrons. The van der Waals surface area contributed by atoms with E-state index >= 15 is 0 Å². The lowest BCUT2D eigenvalue weighted by molar-refractivity contribution is 0.198. The van der Waals surface area contributed by atoms with Crippen molar-refractivity contribution in [1.29, 1.82) is 10.5 Å². The lowest BCUT2D eigenvalue weighted by Crippen LogP contribution is -2.13. The van der Waals surface area contributed by atoms with Gasteiger partial charge in [0.1, 0.15) is 11.6 Å². The third-order valence-electron chi connectivity index (χ3n) is 4.74. The van der Waals surface area contributed by atoms with Crippen molar-refractivity contribution in [1.82, 2.24) is 0 Å². The molecular weight excluding hydrogens is 384 g/mol. The summed E-state index contributed by atoms with van der Waals surface area (Å²) in [4.78, 5) is 0. The minimum atomic E-state index is -0.132. The Labute approximate surface area is 184 Å². The molecule has 0 aromatic heterocycles. The van der Waals surface area contributed by atoms with E-state index in [4.69, 9.17) is 9.47 Å². The lowest BCUT2D eigenvalue weighted by atomic mass is 9.93. The smallest absolute Gasteiger partial charge is 0.179 e. The van der Waals surface area contributed by atoms with Crippen LogP contribution in [0.15, 0.2) is 60.7 Å². The molecule has 3 aromatic carbocycles. The Morgan fingerprint density at radius 1 is 0.774 bits per heavy atom. The second-order valence-corrected chi connectivity index (χ2v) is 7.90. The molecule has 0 saturated carbocycles. The number of nitrogens with zero attached hydrogens (tertiary/aromatic N) is 2. The first-order valence-electron chi connectivity index (χ1n) is 10.4. The molecule has 4 heteroatoms. The fourth-order valence-electron chi connectivity index (χ4n) is 3.42.